The van der Waals surface area contributed by atoms with E-state index in [1.807, 2.05) is 0 Å². The fourth-order valence-corrected chi connectivity index (χ4v) is 3.42. The minimum atomic E-state index is -3.16. The zero-order valence-electron chi connectivity index (χ0n) is 10.5. The highest BCUT2D eigenvalue weighted by atomic mass is 35.5. The first-order valence-corrected chi connectivity index (χ1v) is 8.26. The van der Waals surface area contributed by atoms with Crippen LogP contribution in [0.2, 0.25) is 5.02 Å². The van der Waals surface area contributed by atoms with Crippen molar-refractivity contribution in [2.75, 3.05) is 5.75 Å². The number of rotatable bonds is 8. The van der Waals surface area contributed by atoms with Gasteiger partial charge >= 0.3 is 5.97 Å². The minimum absolute atomic E-state index is 0.0213. The van der Waals surface area contributed by atoms with E-state index in [0.29, 0.717) is 29.8 Å². The molecule has 0 aliphatic heterocycles. The number of carboxylic acids is 1. The highest BCUT2D eigenvalue weighted by molar-refractivity contribution is 7.90. The minimum Gasteiger partial charge on any atom is -0.481 e. The van der Waals surface area contributed by atoms with Crippen LogP contribution >= 0.6 is 11.6 Å². The third-order valence-corrected chi connectivity index (χ3v) is 4.54. The zero-order chi connectivity index (χ0) is 14.3. The number of carbonyl (C=O) groups is 1. The van der Waals surface area contributed by atoms with Crippen LogP contribution in [0.25, 0.3) is 0 Å². The first-order valence-electron chi connectivity index (χ1n) is 6.06. The quantitative estimate of drug-likeness (QED) is 0.750. The van der Waals surface area contributed by atoms with E-state index in [1.165, 1.54) is 0 Å². The first-order chi connectivity index (χ1) is 8.89. The fourth-order valence-electron chi connectivity index (χ4n) is 1.73. The van der Waals surface area contributed by atoms with Crippen LogP contribution in [0.1, 0.15) is 31.2 Å². The van der Waals surface area contributed by atoms with Crippen molar-refractivity contribution >= 4 is 27.4 Å². The van der Waals surface area contributed by atoms with E-state index in [9.17, 15) is 13.2 Å². The van der Waals surface area contributed by atoms with Crippen molar-refractivity contribution in [3.63, 3.8) is 0 Å². The van der Waals surface area contributed by atoms with Crippen LogP contribution in [0.4, 0.5) is 0 Å². The van der Waals surface area contributed by atoms with Gasteiger partial charge in [0.1, 0.15) is 0 Å². The molecule has 0 aromatic heterocycles. The van der Waals surface area contributed by atoms with Crippen molar-refractivity contribution in [1.29, 1.82) is 0 Å². The summed E-state index contributed by atoms with van der Waals surface area (Å²) in [7, 11) is -3.16. The molecule has 0 aliphatic carbocycles. The van der Waals surface area contributed by atoms with Gasteiger partial charge < -0.3 is 5.11 Å². The maximum absolute atomic E-state index is 11.8. The molecule has 0 saturated heterocycles. The van der Waals surface area contributed by atoms with E-state index < -0.39 is 15.8 Å². The molecular formula is C13H17ClO4S. The lowest BCUT2D eigenvalue weighted by Gasteiger charge is -2.05. The molecule has 1 aromatic rings. The van der Waals surface area contributed by atoms with E-state index in [-0.39, 0.29) is 17.9 Å². The topological polar surface area (TPSA) is 71.4 Å². The maximum Gasteiger partial charge on any atom is 0.303 e. The molecule has 19 heavy (non-hydrogen) atoms. The molecule has 0 bridgehead atoms. The monoisotopic (exact) mass is 304 g/mol. The average molecular weight is 305 g/mol. The lowest BCUT2D eigenvalue weighted by molar-refractivity contribution is -0.137. The molecule has 4 nitrogen and oxygen atoms in total. The molecule has 0 heterocycles. The van der Waals surface area contributed by atoms with Gasteiger partial charge in [-0.2, -0.15) is 0 Å². The zero-order valence-corrected chi connectivity index (χ0v) is 12.1. The van der Waals surface area contributed by atoms with Crippen molar-refractivity contribution < 1.29 is 18.3 Å². The molecule has 1 aromatic carbocycles. The fraction of sp³-hybridized carbons (Fsp3) is 0.462. The average Bonchev–Trinajstić information content (AvgIpc) is 2.27. The molecule has 0 radical (unpaired) electrons. The number of aliphatic carboxylic acids is 1. The van der Waals surface area contributed by atoms with Crippen LogP contribution in [-0.2, 0) is 20.4 Å². The van der Waals surface area contributed by atoms with Crippen molar-refractivity contribution in [2.24, 2.45) is 0 Å². The van der Waals surface area contributed by atoms with Crippen LogP contribution in [0.15, 0.2) is 24.3 Å². The number of sulfone groups is 1. The van der Waals surface area contributed by atoms with Crippen LogP contribution in [0.5, 0.6) is 0 Å². The normalized spacial score (nSPS) is 11.4. The summed E-state index contributed by atoms with van der Waals surface area (Å²) in [5, 5.41) is 8.99. The van der Waals surface area contributed by atoms with Gasteiger partial charge in [0.25, 0.3) is 0 Å². The Bertz CT molecular complexity index is 525. The van der Waals surface area contributed by atoms with Gasteiger partial charge in [0.15, 0.2) is 9.84 Å². The van der Waals surface area contributed by atoms with Crippen molar-refractivity contribution in [3.8, 4) is 0 Å². The summed E-state index contributed by atoms with van der Waals surface area (Å²) in [4.78, 5) is 10.3. The number of hydrogen-bond donors (Lipinski definition) is 1. The van der Waals surface area contributed by atoms with Gasteiger partial charge in [0.2, 0.25) is 0 Å². The Labute approximate surface area is 118 Å². The van der Waals surface area contributed by atoms with Crippen molar-refractivity contribution in [3.05, 3.63) is 34.9 Å². The van der Waals surface area contributed by atoms with Gasteiger partial charge in [-0.15, -0.1) is 0 Å². The molecule has 0 amide bonds. The number of carboxylic acid groups (broad SMARTS) is 1. The Morgan fingerprint density at radius 2 is 1.95 bits per heavy atom. The summed E-state index contributed by atoms with van der Waals surface area (Å²) < 4.78 is 23.7. The second kappa shape index (κ2) is 7.50. The maximum atomic E-state index is 11.8. The highest BCUT2D eigenvalue weighted by Crippen LogP contribution is 2.14. The summed E-state index contributed by atoms with van der Waals surface area (Å²) >= 11 is 5.80. The van der Waals surface area contributed by atoms with Crippen LogP contribution in [-0.4, -0.2) is 25.2 Å². The first kappa shape index (κ1) is 16.0. The van der Waals surface area contributed by atoms with Gasteiger partial charge in [-0.05, 0) is 30.5 Å². The third kappa shape index (κ3) is 7.18. The number of benzene rings is 1. The largest absolute Gasteiger partial charge is 0.481 e. The van der Waals surface area contributed by atoms with E-state index in [0.717, 1.165) is 0 Å². The molecule has 0 atom stereocenters. The number of hydrogen-bond acceptors (Lipinski definition) is 3. The van der Waals surface area contributed by atoms with Crippen molar-refractivity contribution in [1.82, 2.24) is 0 Å². The number of halogens is 1. The second-order valence-electron chi connectivity index (χ2n) is 4.43. The molecular weight excluding hydrogens is 288 g/mol. The Morgan fingerprint density at radius 3 is 2.58 bits per heavy atom. The molecule has 106 valence electrons. The Morgan fingerprint density at radius 1 is 1.21 bits per heavy atom. The molecule has 6 heteroatoms. The molecule has 0 unspecified atom stereocenters. The van der Waals surface area contributed by atoms with E-state index in [2.05, 4.69) is 0 Å². The Balaban J connectivity index is 2.38. The smallest absolute Gasteiger partial charge is 0.303 e. The van der Waals surface area contributed by atoms with Crippen LogP contribution in [0, 0.1) is 0 Å². The lowest BCUT2D eigenvalue weighted by Crippen LogP contribution is -2.09. The summed E-state index contributed by atoms with van der Waals surface area (Å²) in [5.74, 6) is -0.784. The summed E-state index contributed by atoms with van der Waals surface area (Å²) in [6.45, 7) is 0. The molecule has 0 fully saturated rings. The Kier molecular flexibility index (Phi) is 6.31. The van der Waals surface area contributed by atoms with E-state index >= 15 is 0 Å². The Hall–Kier alpha value is -1.07. The summed E-state index contributed by atoms with van der Waals surface area (Å²) in [5.41, 5.74) is 0.679. The highest BCUT2D eigenvalue weighted by Gasteiger charge is 2.12. The standard InChI is InChI=1S/C13H17ClO4S/c14-12-6-4-5-11(9-12)10-19(17,18)8-3-1-2-7-13(15)16/h4-6,9H,1-3,7-8,10H2,(H,15,16). The van der Waals surface area contributed by atoms with Gasteiger partial charge in [0.05, 0.1) is 11.5 Å². The summed E-state index contributed by atoms with van der Waals surface area (Å²) in [6.07, 6.45) is 1.72. The molecule has 0 spiro atoms. The predicted molar refractivity (Wildman–Crippen MR) is 75.0 cm³/mol. The van der Waals surface area contributed by atoms with Crippen LogP contribution in [0.3, 0.4) is 0 Å². The third-order valence-electron chi connectivity index (χ3n) is 2.62. The molecule has 1 N–H and O–H groups in total. The van der Waals surface area contributed by atoms with Gasteiger partial charge in [-0.1, -0.05) is 30.2 Å². The van der Waals surface area contributed by atoms with Crippen LogP contribution < -0.4 is 0 Å². The van der Waals surface area contributed by atoms with Gasteiger partial charge in [-0.25, -0.2) is 8.42 Å². The van der Waals surface area contributed by atoms with Gasteiger partial charge in [-0.3, -0.25) is 4.79 Å². The predicted octanol–water partition coefficient (Wildman–Crippen LogP) is 2.90. The second-order valence-corrected chi connectivity index (χ2v) is 7.05. The molecule has 1 rings (SSSR count). The SMILES string of the molecule is O=C(O)CCCCCS(=O)(=O)Cc1cccc(Cl)c1. The van der Waals surface area contributed by atoms with Crippen molar-refractivity contribution in [2.45, 2.75) is 31.4 Å². The summed E-state index contributed by atoms with van der Waals surface area (Å²) in [6, 6.07) is 6.79. The van der Waals surface area contributed by atoms with E-state index in [1.54, 1.807) is 24.3 Å². The molecule has 0 saturated carbocycles. The lowest BCUT2D eigenvalue weighted by atomic mass is 10.2. The number of unbranched alkanes of at least 4 members (excludes halogenated alkanes) is 2. The molecule has 0 aliphatic rings. The van der Waals surface area contributed by atoms with E-state index in [4.69, 9.17) is 16.7 Å². The van der Waals surface area contributed by atoms with Gasteiger partial charge in [0, 0.05) is 11.4 Å².